The van der Waals surface area contributed by atoms with Crippen molar-refractivity contribution in [3.8, 4) is 5.75 Å². The largest absolute Gasteiger partial charge is 0.496 e. The molecule has 3 nitrogen and oxygen atoms in total. The van der Waals surface area contributed by atoms with Crippen molar-refractivity contribution >= 4 is 21.6 Å². The summed E-state index contributed by atoms with van der Waals surface area (Å²) >= 11 is 3.46. The molecule has 1 aromatic carbocycles. The Bertz CT molecular complexity index is 344. The second-order valence-electron chi connectivity index (χ2n) is 3.72. The maximum absolute atomic E-state index is 5.26. The van der Waals surface area contributed by atoms with Crippen LogP contribution in [0.15, 0.2) is 22.7 Å². The molecule has 0 aromatic heterocycles. The number of rotatable bonds is 5. The van der Waals surface area contributed by atoms with Crippen molar-refractivity contribution in [2.45, 2.75) is 26.0 Å². The molecular formula is C12H18BrNO2. The third-order valence-electron chi connectivity index (χ3n) is 2.62. The van der Waals surface area contributed by atoms with Gasteiger partial charge in [0, 0.05) is 18.8 Å². The summed E-state index contributed by atoms with van der Waals surface area (Å²) in [6.07, 6.45) is 0.167. The molecule has 16 heavy (non-hydrogen) atoms. The van der Waals surface area contributed by atoms with E-state index in [1.54, 1.807) is 14.2 Å². The number of halogens is 1. The van der Waals surface area contributed by atoms with Crippen LogP contribution in [0.2, 0.25) is 0 Å². The van der Waals surface area contributed by atoms with Crippen molar-refractivity contribution in [1.82, 2.24) is 0 Å². The van der Waals surface area contributed by atoms with Crippen molar-refractivity contribution in [2.24, 2.45) is 0 Å². The molecule has 2 unspecified atom stereocenters. The van der Waals surface area contributed by atoms with Gasteiger partial charge in [0.15, 0.2) is 0 Å². The lowest BCUT2D eigenvalue weighted by atomic mass is 10.2. The van der Waals surface area contributed by atoms with E-state index < -0.39 is 0 Å². The van der Waals surface area contributed by atoms with E-state index in [9.17, 15) is 0 Å². The zero-order valence-electron chi connectivity index (χ0n) is 10.1. The molecule has 0 aliphatic carbocycles. The average Bonchev–Trinajstić information content (AvgIpc) is 2.28. The summed E-state index contributed by atoms with van der Waals surface area (Å²) in [6.45, 7) is 4.13. The van der Waals surface area contributed by atoms with Crippen molar-refractivity contribution in [1.29, 1.82) is 0 Å². The fraction of sp³-hybridized carbons (Fsp3) is 0.500. The van der Waals surface area contributed by atoms with Gasteiger partial charge >= 0.3 is 0 Å². The highest BCUT2D eigenvalue weighted by Gasteiger charge is 2.11. The molecule has 1 aromatic rings. The van der Waals surface area contributed by atoms with E-state index in [0.717, 1.165) is 15.9 Å². The molecule has 0 fully saturated rings. The van der Waals surface area contributed by atoms with E-state index >= 15 is 0 Å². The Hall–Kier alpha value is -0.740. The normalized spacial score (nSPS) is 14.3. The van der Waals surface area contributed by atoms with Crippen molar-refractivity contribution in [2.75, 3.05) is 19.5 Å². The first kappa shape index (κ1) is 13.3. The lowest BCUT2D eigenvalue weighted by Crippen LogP contribution is -2.29. The highest BCUT2D eigenvalue weighted by molar-refractivity contribution is 9.10. The van der Waals surface area contributed by atoms with Gasteiger partial charge in [-0.3, -0.25) is 0 Å². The maximum Gasteiger partial charge on any atom is 0.133 e. The molecule has 0 aliphatic heterocycles. The molecule has 0 amide bonds. The van der Waals surface area contributed by atoms with E-state index in [2.05, 4.69) is 28.2 Å². The molecule has 0 radical (unpaired) electrons. The minimum absolute atomic E-state index is 0.167. The first-order chi connectivity index (χ1) is 7.58. The summed E-state index contributed by atoms with van der Waals surface area (Å²) in [4.78, 5) is 0. The maximum atomic E-state index is 5.26. The van der Waals surface area contributed by atoms with E-state index in [1.165, 1.54) is 0 Å². The van der Waals surface area contributed by atoms with E-state index in [1.807, 2.05) is 25.1 Å². The summed E-state index contributed by atoms with van der Waals surface area (Å²) in [7, 11) is 3.37. The van der Waals surface area contributed by atoms with Gasteiger partial charge in [-0.2, -0.15) is 0 Å². The summed E-state index contributed by atoms with van der Waals surface area (Å²) < 4.78 is 11.4. The van der Waals surface area contributed by atoms with Crippen LogP contribution in [0.25, 0.3) is 0 Å². The number of anilines is 1. The lowest BCUT2D eigenvalue weighted by molar-refractivity contribution is 0.106. The second kappa shape index (κ2) is 6.11. The first-order valence-electron chi connectivity index (χ1n) is 5.21. The summed E-state index contributed by atoms with van der Waals surface area (Å²) in [6, 6.07) is 6.17. The van der Waals surface area contributed by atoms with Crippen LogP contribution < -0.4 is 10.1 Å². The molecule has 0 bridgehead atoms. The van der Waals surface area contributed by atoms with Gasteiger partial charge < -0.3 is 14.8 Å². The molecule has 0 heterocycles. The number of nitrogens with one attached hydrogen (secondary N) is 1. The van der Waals surface area contributed by atoms with Gasteiger partial charge in [-0.25, -0.2) is 0 Å². The van der Waals surface area contributed by atoms with Crippen LogP contribution in [0.1, 0.15) is 13.8 Å². The van der Waals surface area contributed by atoms with Gasteiger partial charge in [0.25, 0.3) is 0 Å². The highest BCUT2D eigenvalue weighted by Crippen LogP contribution is 2.28. The Morgan fingerprint density at radius 2 is 1.94 bits per heavy atom. The molecule has 0 saturated carbocycles. The number of methoxy groups -OCH3 is 2. The Morgan fingerprint density at radius 3 is 2.44 bits per heavy atom. The number of ether oxygens (including phenoxy) is 2. The summed E-state index contributed by atoms with van der Waals surface area (Å²) in [5.74, 6) is 0.831. The average molecular weight is 288 g/mol. The predicted octanol–water partition coefficient (Wildman–Crippen LogP) is 3.29. The first-order valence-corrected chi connectivity index (χ1v) is 6.00. The molecule has 1 rings (SSSR count). The van der Waals surface area contributed by atoms with Crippen LogP contribution in [0.4, 0.5) is 5.69 Å². The number of hydrogen-bond donors (Lipinski definition) is 1. The molecular weight excluding hydrogens is 270 g/mol. The van der Waals surface area contributed by atoms with Gasteiger partial charge in [0.05, 0.1) is 17.7 Å². The van der Waals surface area contributed by atoms with Gasteiger partial charge in [0.2, 0.25) is 0 Å². The molecule has 0 saturated heterocycles. The summed E-state index contributed by atoms with van der Waals surface area (Å²) in [5.41, 5.74) is 1.05. The van der Waals surface area contributed by atoms with Crippen molar-refractivity contribution in [3.05, 3.63) is 22.7 Å². The Kier molecular flexibility index (Phi) is 5.09. The fourth-order valence-corrected chi connectivity index (χ4v) is 1.88. The van der Waals surface area contributed by atoms with Gasteiger partial charge in [-0.15, -0.1) is 0 Å². The van der Waals surface area contributed by atoms with E-state index in [4.69, 9.17) is 9.47 Å². The minimum atomic E-state index is 0.167. The topological polar surface area (TPSA) is 30.5 Å². The predicted molar refractivity (Wildman–Crippen MR) is 70.2 cm³/mol. The molecule has 4 heteroatoms. The zero-order chi connectivity index (χ0) is 12.1. The van der Waals surface area contributed by atoms with Gasteiger partial charge in [-0.1, -0.05) is 0 Å². The summed E-state index contributed by atoms with van der Waals surface area (Å²) in [5, 5.41) is 3.37. The Morgan fingerprint density at radius 1 is 1.25 bits per heavy atom. The van der Waals surface area contributed by atoms with Gasteiger partial charge in [-0.05, 0) is 48.0 Å². The number of hydrogen-bond acceptors (Lipinski definition) is 3. The molecule has 2 atom stereocenters. The van der Waals surface area contributed by atoms with E-state index in [0.29, 0.717) is 0 Å². The van der Waals surface area contributed by atoms with Crippen LogP contribution in [0.3, 0.4) is 0 Å². The van der Waals surface area contributed by atoms with E-state index in [-0.39, 0.29) is 12.1 Å². The minimum Gasteiger partial charge on any atom is -0.496 e. The molecule has 90 valence electrons. The standard InChI is InChI=1S/C12H18BrNO2/c1-8(9(2)15-3)14-10-5-6-12(16-4)11(13)7-10/h5-9,14H,1-4H3. The van der Waals surface area contributed by atoms with Gasteiger partial charge in [0.1, 0.15) is 5.75 Å². The number of benzene rings is 1. The van der Waals surface area contributed by atoms with Crippen LogP contribution in [0.5, 0.6) is 5.75 Å². The third-order valence-corrected chi connectivity index (χ3v) is 3.24. The van der Waals surface area contributed by atoms with Crippen LogP contribution in [-0.4, -0.2) is 26.4 Å². The van der Waals surface area contributed by atoms with Crippen molar-refractivity contribution in [3.63, 3.8) is 0 Å². The molecule has 0 spiro atoms. The van der Waals surface area contributed by atoms with Crippen molar-refractivity contribution < 1.29 is 9.47 Å². The monoisotopic (exact) mass is 287 g/mol. The zero-order valence-corrected chi connectivity index (χ0v) is 11.7. The second-order valence-corrected chi connectivity index (χ2v) is 4.58. The molecule has 1 N–H and O–H groups in total. The Labute approximate surface area is 105 Å². The smallest absolute Gasteiger partial charge is 0.133 e. The quantitative estimate of drug-likeness (QED) is 0.901. The van der Waals surface area contributed by atoms with Crippen LogP contribution in [0, 0.1) is 0 Å². The fourth-order valence-electron chi connectivity index (χ4n) is 1.34. The highest BCUT2D eigenvalue weighted by atomic mass is 79.9. The van der Waals surface area contributed by atoms with Crippen LogP contribution in [-0.2, 0) is 4.74 Å². The third kappa shape index (κ3) is 3.39. The SMILES string of the molecule is COc1ccc(NC(C)C(C)OC)cc1Br. The van der Waals surface area contributed by atoms with Crippen LogP contribution >= 0.6 is 15.9 Å². The Balaban J connectivity index is 2.71. The lowest BCUT2D eigenvalue weighted by Gasteiger charge is -2.21. The molecule has 0 aliphatic rings.